The highest BCUT2D eigenvalue weighted by atomic mass is 32.2. The topological polar surface area (TPSA) is 80.3 Å². The van der Waals surface area contributed by atoms with Crippen LogP contribution in [0.3, 0.4) is 0 Å². The van der Waals surface area contributed by atoms with Gasteiger partial charge in [0.05, 0.1) is 5.60 Å². The zero-order valence-electron chi connectivity index (χ0n) is 12.2. The van der Waals surface area contributed by atoms with Crippen molar-refractivity contribution < 1.29 is 14.3 Å². The average Bonchev–Trinajstić information content (AvgIpc) is 2.78. The summed E-state index contributed by atoms with van der Waals surface area (Å²) in [7, 11) is 1.59. The lowest BCUT2D eigenvalue weighted by atomic mass is 10.1. The standard InChI is InChI=1S/C12H19N3O3S2/c1-7(16)14-10-8(15-11(19-5)20-10)9(17)13-6-12(2,3)18-4/h6H2,1-5H3,(H,13,17)(H,14,16). The quantitative estimate of drug-likeness (QED) is 0.784. The van der Waals surface area contributed by atoms with E-state index in [-0.39, 0.29) is 17.5 Å². The summed E-state index contributed by atoms with van der Waals surface area (Å²) < 4.78 is 5.97. The summed E-state index contributed by atoms with van der Waals surface area (Å²) in [4.78, 5) is 27.5. The normalized spacial score (nSPS) is 11.2. The predicted octanol–water partition coefficient (Wildman–Crippen LogP) is 1.98. The third-order valence-electron chi connectivity index (χ3n) is 2.51. The molecule has 0 radical (unpaired) electrons. The molecule has 0 bridgehead atoms. The third-order valence-corrected chi connectivity index (χ3v) is 4.47. The minimum Gasteiger partial charge on any atom is -0.377 e. The van der Waals surface area contributed by atoms with Gasteiger partial charge in [0.1, 0.15) is 5.00 Å². The van der Waals surface area contributed by atoms with Gasteiger partial charge in [-0.05, 0) is 20.1 Å². The molecule has 0 saturated heterocycles. The molecule has 1 aromatic heterocycles. The number of thiazole rings is 1. The Bertz CT molecular complexity index is 500. The molecule has 0 aliphatic carbocycles. The fraction of sp³-hybridized carbons (Fsp3) is 0.583. The molecule has 0 unspecified atom stereocenters. The van der Waals surface area contributed by atoms with Crippen molar-refractivity contribution in [1.29, 1.82) is 0 Å². The molecular weight excluding hydrogens is 298 g/mol. The van der Waals surface area contributed by atoms with Crippen LogP contribution in [0.4, 0.5) is 5.00 Å². The summed E-state index contributed by atoms with van der Waals surface area (Å²) in [6, 6.07) is 0. The van der Waals surface area contributed by atoms with Crippen molar-refractivity contribution in [2.75, 3.05) is 25.2 Å². The van der Waals surface area contributed by atoms with Gasteiger partial charge in [-0.1, -0.05) is 23.1 Å². The number of methoxy groups -OCH3 is 1. The van der Waals surface area contributed by atoms with Crippen LogP contribution in [0.5, 0.6) is 0 Å². The van der Waals surface area contributed by atoms with Gasteiger partial charge >= 0.3 is 0 Å². The number of amides is 2. The van der Waals surface area contributed by atoms with E-state index < -0.39 is 5.60 Å². The molecule has 0 aliphatic rings. The van der Waals surface area contributed by atoms with Crippen molar-refractivity contribution >= 4 is 39.9 Å². The molecule has 0 aromatic carbocycles. The fourth-order valence-electron chi connectivity index (χ4n) is 1.24. The van der Waals surface area contributed by atoms with E-state index in [4.69, 9.17) is 4.74 Å². The smallest absolute Gasteiger partial charge is 0.273 e. The van der Waals surface area contributed by atoms with Crippen molar-refractivity contribution in [2.24, 2.45) is 0 Å². The average molecular weight is 317 g/mol. The van der Waals surface area contributed by atoms with Gasteiger partial charge in [-0.3, -0.25) is 9.59 Å². The summed E-state index contributed by atoms with van der Waals surface area (Å²) in [6.07, 6.45) is 1.87. The van der Waals surface area contributed by atoms with Gasteiger partial charge in [0.15, 0.2) is 10.0 Å². The number of nitrogens with one attached hydrogen (secondary N) is 2. The highest BCUT2D eigenvalue weighted by Crippen LogP contribution is 2.30. The lowest BCUT2D eigenvalue weighted by molar-refractivity contribution is -0.114. The van der Waals surface area contributed by atoms with Gasteiger partial charge in [0.2, 0.25) is 5.91 Å². The summed E-state index contributed by atoms with van der Waals surface area (Å²) in [5, 5.41) is 5.86. The van der Waals surface area contributed by atoms with Gasteiger partial charge in [-0.25, -0.2) is 4.98 Å². The van der Waals surface area contributed by atoms with Crippen LogP contribution in [0.15, 0.2) is 4.34 Å². The zero-order valence-corrected chi connectivity index (χ0v) is 13.8. The predicted molar refractivity (Wildman–Crippen MR) is 81.6 cm³/mol. The van der Waals surface area contributed by atoms with Gasteiger partial charge in [0, 0.05) is 20.6 Å². The van der Waals surface area contributed by atoms with E-state index in [1.807, 2.05) is 20.1 Å². The number of ether oxygens (including phenoxy) is 1. The molecule has 2 amide bonds. The van der Waals surface area contributed by atoms with Crippen molar-refractivity contribution in [3.8, 4) is 0 Å². The SMILES string of the molecule is COC(C)(C)CNC(=O)c1nc(SC)sc1NC(C)=O. The molecule has 0 atom stereocenters. The molecule has 112 valence electrons. The first-order chi connectivity index (χ1) is 9.29. The van der Waals surface area contributed by atoms with Crippen molar-refractivity contribution in [3.63, 3.8) is 0 Å². The number of anilines is 1. The Morgan fingerprint density at radius 2 is 2.10 bits per heavy atom. The van der Waals surface area contributed by atoms with E-state index in [1.165, 1.54) is 30.0 Å². The zero-order chi connectivity index (χ0) is 15.3. The maximum Gasteiger partial charge on any atom is 0.273 e. The summed E-state index contributed by atoms with van der Waals surface area (Å²) >= 11 is 2.71. The number of carbonyl (C=O) groups excluding carboxylic acids is 2. The van der Waals surface area contributed by atoms with Crippen LogP contribution >= 0.6 is 23.1 Å². The Balaban J connectivity index is 2.85. The molecule has 0 aliphatic heterocycles. The van der Waals surface area contributed by atoms with Crippen LogP contribution in [0, 0.1) is 0 Å². The van der Waals surface area contributed by atoms with E-state index in [0.717, 1.165) is 4.34 Å². The Hall–Kier alpha value is -1.12. The Morgan fingerprint density at radius 1 is 1.45 bits per heavy atom. The van der Waals surface area contributed by atoms with E-state index in [2.05, 4.69) is 15.6 Å². The van der Waals surface area contributed by atoms with Crippen LogP contribution in [0.2, 0.25) is 0 Å². The lowest BCUT2D eigenvalue weighted by Gasteiger charge is -2.22. The van der Waals surface area contributed by atoms with Crippen LogP contribution in [-0.4, -0.2) is 42.3 Å². The first-order valence-electron chi connectivity index (χ1n) is 5.95. The second kappa shape index (κ2) is 7.05. The van der Waals surface area contributed by atoms with Crippen LogP contribution < -0.4 is 10.6 Å². The summed E-state index contributed by atoms with van der Waals surface area (Å²) in [5.41, 5.74) is -0.219. The molecule has 0 spiro atoms. The van der Waals surface area contributed by atoms with Crippen LogP contribution in [0.1, 0.15) is 31.3 Å². The maximum atomic E-state index is 12.2. The molecule has 8 heteroatoms. The second-order valence-corrected chi connectivity index (χ2v) is 6.74. The summed E-state index contributed by atoms with van der Waals surface area (Å²) in [6.45, 7) is 5.49. The molecule has 20 heavy (non-hydrogen) atoms. The number of rotatable bonds is 6. The number of nitrogens with zero attached hydrogens (tertiary/aromatic N) is 1. The Morgan fingerprint density at radius 3 is 2.60 bits per heavy atom. The highest BCUT2D eigenvalue weighted by Gasteiger charge is 2.22. The molecule has 6 nitrogen and oxygen atoms in total. The van der Waals surface area contributed by atoms with Crippen molar-refractivity contribution in [3.05, 3.63) is 5.69 Å². The van der Waals surface area contributed by atoms with E-state index in [0.29, 0.717) is 11.5 Å². The van der Waals surface area contributed by atoms with E-state index in [9.17, 15) is 9.59 Å². The van der Waals surface area contributed by atoms with Gasteiger partial charge in [-0.15, -0.1) is 0 Å². The first kappa shape index (κ1) is 16.9. The maximum absolute atomic E-state index is 12.2. The fourth-order valence-corrected chi connectivity index (χ4v) is 2.74. The third kappa shape index (κ3) is 4.77. The summed E-state index contributed by atoms with van der Waals surface area (Å²) in [5.74, 6) is -0.553. The molecule has 1 rings (SSSR count). The van der Waals surface area contributed by atoms with E-state index in [1.54, 1.807) is 7.11 Å². The molecular formula is C12H19N3O3S2. The monoisotopic (exact) mass is 317 g/mol. The number of thioether (sulfide) groups is 1. The van der Waals surface area contributed by atoms with Gasteiger partial charge in [0.25, 0.3) is 5.91 Å². The molecule has 2 N–H and O–H groups in total. The molecule has 0 saturated carbocycles. The molecule has 0 fully saturated rings. The van der Waals surface area contributed by atoms with E-state index >= 15 is 0 Å². The van der Waals surface area contributed by atoms with Crippen molar-refractivity contribution in [1.82, 2.24) is 10.3 Å². The van der Waals surface area contributed by atoms with Crippen LogP contribution in [-0.2, 0) is 9.53 Å². The highest BCUT2D eigenvalue weighted by molar-refractivity contribution is 8.00. The minimum atomic E-state index is -0.456. The lowest BCUT2D eigenvalue weighted by Crippen LogP contribution is -2.40. The molecule has 1 aromatic rings. The number of hydrogen-bond donors (Lipinski definition) is 2. The Labute approximate surface area is 126 Å². The number of hydrogen-bond acceptors (Lipinski definition) is 6. The second-order valence-electron chi connectivity index (χ2n) is 4.69. The first-order valence-corrected chi connectivity index (χ1v) is 7.99. The van der Waals surface area contributed by atoms with Gasteiger partial charge < -0.3 is 15.4 Å². The van der Waals surface area contributed by atoms with Crippen LogP contribution in [0.25, 0.3) is 0 Å². The number of carbonyl (C=O) groups is 2. The molecule has 1 heterocycles. The largest absolute Gasteiger partial charge is 0.377 e. The minimum absolute atomic E-state index is 0.229. The Kier molecular flexibility index (Phi) is 5.97. The van der Waals surface area contributed by atoms with Gasteiger partial charge in [-0.2, -0.15) is 0 Å². The van der Waals surface area contributed by atoms with Crippen molar-refractivity contribution in [2.45, 2.75) is 30.7 Å². The number of aromatic nitrogens is 1.